The molecule has 0 aliphatic carbocycles. The summed E-state index contributed by atoms with van der Waals surface area (Å²) >= 11 is 0. The number of nitrogens with zero attached hydrogens (tertiary/aromatic N) is 1. The minimum atomic E-state index is 0.0718. The Morgan fingerprint density at radius 3 is 2.86 bits per heavy atom. The van der Waals surface area contributed by atoms with E-state index in [1.165, 1.54) is 0 Å². The van der Waals surface area contributed by atoms with Gasteiger partial charge in [-0.3, -0.25) is 4.79 Å². The molecular formula is C4H7N2O-. The second-order valence-corrected chi connectivity index (χ2v) is 1.61. The lowest BCUT2D eigenvalue weighted by atomic mass is 10.6. The van der Waals surface area contributed by atoms with Gasteiger partial charge in [0.1, 0.15) is 0 Å². The van der Waals surface area contributed by atoms with E-state index in [9.17, 15) is 4.79 Å². The van der Waals surface area contributed by atoms with Crippen LogP contribution in [0.5, 0.6) is 0 Å². The van der Waals surface area contributed by atoms with Gasteiger partial charge in [-0.05, 0) is 7.05 Å². The maximum absolute atomic E-state index is 10.3. The summed E-state index contributed by atoms with van der Waals surface area (Å²) in [6, 6.07) is 0. The molecule has 1 amide bonds. The summed E-state index contributed by atoms with van der Waals surface area (Å²) in [6.07, 6.45) is 0. The predicted molar refractivity (Wildman–Crippen MR) is 25.1 cm³/mol. The van der Waals surface area contributed by atoms with Crippen LogP contribution >= 0.6 is 0 Å². The van der Waals surface area contributed by atoms with Crippen molar-refractivity contribution in [3.8, 4) is 0 Å². The minimum absolute atomic E-state index is 0.0718. The molecule has 1 saturated heterocycles. The summed E-state index contributed by atoms with van der Waals surface area (Å²) in [5.74, 6) is 0.0718. The highest BCUT2D eigenvalue weighted by Gasteiger charge is 2.02. The average molecular weight is 99.1 g/mol. The van der Waals surface area contributed by atoms with Crippen LogP contribution in [-0.2, 0) is 4.79 Å². The first kappa shape index (κ1) is 4.59. The smallest absolute Gasteiger partial charge is 0.203 e. The van der Waals surface area contributed by atoms with Crippen molar-refractivity contribution in [2.24, 2.45) is 0 Å². The molecule has 3 nitrogen and oxygen atoms in total. The van der Waals surface area contributed by atoms with Gasteiger partial charge < -0.3 is 10.2 Å². The SMILES string of the molecule is CN1[CH-]NC(=O)C1. The van der Waals surface area contributed by atoms with Crippen molar-refractivity contribution in [2.45, 2.75) is 0 Å². The Kier molecular flexibility index (Phi) is 0.982. The lowest BCUT2D eigenvalue weighted by Crippen LogP contribution is -2.12. The first-order chi connectivity index (χ1) is 3.29. The van der Waals surface area contributed by atoms with Gasteiger partial charge in [-0.2, -0.15) is 6.67 Å². The van der Waals surface area contributed by atoms with Gasteiger partial charge in [0.05, 0.1) is 0 Å². The van der Waals surface area contributed by atoms with Crippen LogP contribution in [0.3, 0.4) is 0 Å². The average Bonchev–Trinajstić information content (AvgIpc) is 1.87. The van der Waals surface area contributed by atoms with Gasteiger partial charge in [0, 0.05) is 6.54 Å². The van der Waals surface area contributed by atoms with Crippen LogP contribution in [0, 0.1) is 6.67 Å². The minimum Gasteiger partial charge on any atom is -0.491 e. The van der Waals surface area contributed by atoms with Crippen LogP contribution in [0.25, 0.3) is 0 Å². The van der Waals surface area contributed by atoms with E-state index in [0.717, 1.165) is 0 Å². The lowest BCUT2D eigenvalue weighted by molar-refractivity contribution is -0.118. The second kappa shape index (κ2) is 1.50. The van der Waals surface area contributed by atoms with Gasteiger partial charge in [-0.15, -0.1) is 0 Å². The fourth-order valence-corrected chi connectivity index (χ4v) is 0.500. The molecule has 1 heterocycles. The largest absolute Gasteiger partial charge is 0.491 e. The van der Waals surface area contributed by atoms with E-state index in [4.69, 9.17) is 0 Å². The zero-order valence-electron chi connectivity index (χ0n) is 4.14. The fraction of sp³-hybridized carbons (Fsp3) is 0.500. The molecule has 0 bridgehead atoms. The quantitative estimate of drug-likeness (QED) is 0.402. The molecule has 1 N–H and O–H groups in total. The van der Waals surface area contributed by atoms with Crippen LogP contribution in [0.2, 0.25) is 0 Å². The highest BCUT2D eigenvalue weighted by molar-refractivity contribution is 5.80. The van der Waals surface area contributed by atoms with Crippen LogP contribution in [0.1, 0.15) is 0 Å². The van der Waals surface area contributed by atoms with Gasteiger partial charge in [-0.1, -0.05) is 0 Å². The topological polar surface area (TPSA) is 32.3 Å². The summed E-state index contributed by atoms with van der Waals surface area (Å²) in [7, 11) is 1.85. The van der Waals surface area contributed by atoms with Crippen molar-refractivity contribution in [1.82, 2.24) is 10.2 Å². The molecule has 0 radical (unpaired) electrons. The zero-order chi connectivity index (χ0) is 5.28. The Labute approximate surface area is 42.3 Å². The summed E-state index contributed by atoms with van der Waals surface area (Å²) in [5, 5.41) is 2.53. The van der Waals surface area contributed by atoms with Gasteiger partial charge in [0.25, 0.3) is 0 Å². The monoisotopic (exact) mass is 99.1 g/mol. The number of hydrogen-bond donors (Lipinski definition) is 1. The van der Waals surface area contributed by atoms with E-state index < -0.39 is 0 Å². The number of rotatable bonds is 0. The van der Waals surface area contributed by atoms with Gasteiger partial charge in [0.15, 0.2) is 0 Å². The van der Waals surface area contributed by atoms with Gasteiger partial charge in [0.2, 0.25) is 5.91 Å². The molecule has 0 spiro atoms. The molecule has 0 unspecified atom stereocenters. The van der Waals surface area contributed by atoms with Crippen molar-refractivity contribution in [2.75, 3.05) is 13.6 Å². The van der Waals surface area contributed by atoms with Gasteiger partial charge >= 0.3 is 0 Å². The molecule has 0 saturated carbocycles. The molecule has 1 aliphatic heterocycles. The van der Waals surface area contributed by atoms with Crippen molar-refractivity contribution in [3.63, 3.8) is 0 Å². The van der Waals surface area contributed by atoms with Crippen LogP contribution in [0.4, 0.5) is 0 Å². The fourth-order valence-electron chi connectivity index (χ4n) is 0.500. The summed E-state index contributed by atoms with van der Waals surface area (Å²) in [6.45, 7) is 2.16. The predicted octanol–water partition coefficient (Wildman–Crippen LogP) is -0.833. The Hall–Kier alpha value is -0.570. The number of likely N-dealkylation sites (N-methyl/N-ethyl adjacent to an activating group) is 1. The molecule has 1 rings (SSSR count). The second-order valence-electron chi connectivity index (χ2n) is 1.61. The Morgan fingerprint density at radius 2 is 2.71 bits per heavy atom. The third-order valence-corrected chi connectivity index (χ3v) is 0.839. The molecule has 3 heteroatoms. The van der Waals surface area contributed by atoms with Crippen LogP contribution in [-0.4, -0.2) is 24.4 Å². The number of hydrogen-bond acceptors (Lipinski definition) is 2. The number of carbonyl (C=O) groups excluding carboxylic acids is 1. The normalized spacial score (nSPS) is 22.7. The first-order valence-corrected chi connectivity index (χ1v) is 2.12. The van der Waals surface area contributed by atoms with Crippen LogP contribution < -0.4 is 5.32 Å². The highest BCUT2D eigenvalue weighted by Crippen LogP contribution is 1.90. The summed E-state index contributed by atoms with van der Waals surface area (Å²) < 4.78 is 0. The van der Waals surface area contributed by atoms with Crippen molar-refractivity contribution < 1.29 is 4.79 Å². The third-order valence-electron chi connectivity index (χ3n) is 0.839. The highest BCUT2D eigenvalue weighted by atomic mass is 16.2. The Balaban J connectivity index is 2.40. The van der Waals surface area contributed by atoms with Gasteiger partial charge in [-0.25, -0.2) is 0 Å². The maximum Gasteiger partial charge on any atom is 0.203 e. The first-order valence-electron chi connectivity index (χ1n) is 2.12. The van der Waals surface area contributed by atoms with E-state index in [-0.39, 0.29) is 5.91 Å². The lowest BCUT2D eigenvalue weighted by Gasteiger charge is -2.12. The number of nitrogens with one attached hydrogen (secondary N) is 1. The van der Waals surface area contributed by atoms with E-state index >= 15 is 0 Å². The van der Waals surface area contributed by atoms with E-state index in [1.54, 1.807) is 11.6 Å². The molecule has 0 aromatic carbocycles. The van der Waals surface area contributed by atoms with E-state index in [1.807, 2.05) is 7.05 Å². The van der Waals surface area contributed by atoms with E-state index in [0.29, 0.717) is 6.54 Å². The van der Waals surface area contributed by atoms with Crippen LogP contribution in [0.15, 0.2) is 0 Å². The van der Waals surface area contributed by atoms with Crippen molar-refractivity contribution in [3.05, 3.63) is 6.67 Å². The number of carbonyl (C=O) groups is 1. The molecule has 1 fully saturated rings. The van der Waals surface area contributed by atoms with Crippen molar-refractivity contribution >= 4 is 5.91 Å². The standard InChI is InChI=1S/C4H7N2O/c1-6-2-4(7)5-3-6/h3H,2H2,1H3,(H,5,7)/q-1. The zero-order valence-corrected chi connectivity index (χ0v) is 4.14. The molecule has 0 aromatic rings. The molecule has 0 aromatic heterocycles. The van der Waals surface area contributed by atoms with E-state index in [2.05, 4.69) is 5.32 Å². The molecule has 7 heavy (non-hydrogen) atoms. The summed E-state index contributed by atoms with van der Waals surface area (Å²) in [4.78, 5) is 12.1. The Bertz CT molecular complexity index is 91.7. The molecule has 0 atom stereocenters. The third kappa shape index (κ3) is 0.899. The molecule has 40 valence electrons. The molecular weight excluding hydrogens is 92.1 g/mol. The molecule has 1 aliphatic rings. The summed E-state index contributed by atoms with van der Waals surface area (Å²) in [5.41, 5.74) is 0. The maximum atomic E-state index is 10.3. The Morgan fingerprint density at radius 1 is 2.00 bits per heavy atom. The van der Waals surface area contributed by atoms with Crippen molar-refractivity contribution in [1.29, 1.82) is 0 Å². The number of amides is 1.